The van der Waals surface area contributed by atoms with Gasteiger partial charge in [0.25, 0.3) is 0 Å². The summed E-state index contributed by atoms with van der Waals surface area (Å²) in [4.78, 5) is 24.1. The number of benzene rings is 2. The van der Waals surface area contributed by atoms with E-state index >= 15 is 0 Å². The molecule has 2 aromatic carbocycles. The summed E-state index contributed by atoms with van der Waals surface area (Å²) in [6, 6.07) is 9.37. The molecule has 0 aliphatic carbocycles. The second-order valence-electron chi connectivity index (χ2n) is 6.56. The summed E-state index contributed by atoms with van der Waals surface area (Å²) in [6.45, 7) is 6.37. The van der Waals surface area contributed by atoms with E-state index in [9.17, 15) is 9.59 Å². The van der Waals surface area contributed by atoms with Gasteiger partial charge in [0.15, 0.2) is 11.5 Å². The van der Waals surface area contributed by atoms with Gasteiger partial charge in [0.2, 0.25) is 11.8 Å². The largest absolute Gasteiger partial charge is 0.493 e. The van der Waals surface area contributed by atoms with Crippen LogP contribution in [0.3, 0.4) is 0 Å². The molecule has 7 nitrogen and oxygen atoms in total. The van der Waals surface area contributed by atoms with Gasteiger partial charge in [0.05, 0.1) is 23.5 Å². The van der Waals surface area contributed by atoms with Gasteiger partial charge in [-0.15, -0.1) is 0 Å². The van der Waals surface area contributed by atoms with E-state index in [0.717, 1.165) is 25.9 Å². The van der Waals surface area contributed by atoms with Crippen molar-refractivity contribution in [3.05, 3.63) is 50.6 Å². The SMILES string of the molecule is CCOc1c(I)cc(C=NNC(=O)CCC(=O)Nc2cccc(C)c2C)cc1OC. The Morgan fingerprint density at radius 2 is 1.90 bits per heavy atom. The van der Waals surface area contributed by atoms with Crippen LogP contribution in [0.4, 0.5) is 5.69 Å². The van der Waals surface area contributed by atoms with E-state index in [1.54, 1.807) is 13.2 Å². The highest BCUT2D eigenvalue weighted by atomic mass is 127. The Hall–Kier alpha value is -2.62. The molecule has 0 saturated carbocycles. The molecule has 2 aromatic rings. The summed E-state index contributed by atoms with van der Waals surface area (Å²) in [5.41, 5.74) is 6.07. The molecule has 0 fully saturated rings. The van der Waals surface area contributed by atoms with Crippen LogP contribution < -0.4 is 20.2 Å². The third kappa shape index (κ3) is 6.72. The fraction of sp³-hybridized carbons (Fsp3) is 0.318. The van der Waals surface area contributed by atoms with Gasteiger partial charge in [0, 0.05) is 18.5 Å². The first-order valence-corrected chi connectivity index (χ1v) is 10.6. The van der Waals surface area contributed by atoms with Crippen molar-refractivity contribution in [2.24, 2.45) is 5.10 Å². The number of nitrogens with one attached hydrogen (secondary N) is 2. The van der Waals surface area contributed by atoms with Gasteiger partial charge in [0.1, 0.15) is 0 Å². The molecular weight excluding hydrogens is 497 g/mol. The summed E-state index contributed by atoms with van der Waals surface area (Å²) in [5, 5.41) is 6.80. The summed E-state index contributed by atoms with van der Waals surface area (Å²) in [7, 11) is 1.57. The topological polar surface area (TPSA) is 89.0 Å². The molecule has 0 spiro atoms. The first-order valence-electron chi connectivity index (χ1n) is 9.54. The average Bonchev–Trinajstić information content (AvgIpc) is 2.71. The lowest BCUT2D eigenvalue weighted by Crippen LogP contribution is -2.21. The Kier molecular flexibility index (Phi) is 9.10. The van der Waals surface area contributed by atoms with Crippen LogP contribution in [0.5, 0.6) is 11.5 Å². The number of rotatable bonds is 9. The van der Waals surface area contributed by atoms with Crippen LogP contribution in [-0.2, 0) is 9.59 Å². The van der Waals surface area contributed by atoms with Crippen LogP contribution in [0, 0.1) is 17.4 Å². The number of halogens is 1. The molecule has 2 N–H and O–H groups in total. The monoisotopic (exact) mass is 523 g/mol. The van der Waals surface area contributed by atoms with Crippen molar-refractivity contribution >= 4 is 46.3 Å². The van der Waals surface area contributed by atoms with E-state index in [4.69, 9.17) is 9.47 Å². The van der Waals surface area contributed by atoms with Gasteiger partial charge in [-0.05, 0) is 78.3 Å². The summed E-state index contributed by atoms with van der Waals surface area (Å²) in [6.07, 6.45) is 1.64. The minimum Gasteiger partial charge on any atom is -0.493 e. The number of carbonyl (C=O) groups excluding carboxylic acids is 2. The predicted molar refractivity (Wildman–Crippen MR) is 126 cm³/mol. The first kappa shape index (κ1) is 23.7. The van der Waals surface area contributed by atoms with Crippen molar-refractivity contribution in [2.75, 3.05) is 19.0 Å². The number of ether oxygens (including phenoxy) is 2. The van der Waals surface area contributed by atoms with Gasteiger partial charge in [-0.25, -0.2) is 5.43 Å². The number of anilines is 1. The number of methoxy groups -OCH3 is 1. The number of aryl methyl sites for hydroxylation is 1. The molecule has 0 radical (unpaired) electrons. The summed E-state index contributed by atoms with van der Waals surface area (Å²) in [5.74, 6) is 0.722. The molecular formula is C22H26IN3O4. The van der Waals surface area contributed by atoms with Crippen molar-refractivity contribution in [3.63, 3.8) is 0 Å². The van der Waals surface area contributed by atoms with Crippen molar-refractivity contribution in [1.82, 2.24) is 5.43 Å². The van der Waals surface area contributed by atoms with Crippen LogP contribution >= 0.6 is 22.6 Å². The van der Waals surface area contributed by atoms with Crippen LogP contribution in [0.15, 0.2) is 35.4 Å². The Balaban J connectivity index is 1.87. The lowest BCUT2D eigenvalue weighted by Gasteiger charge is -2.12. The molecule has 0 atom stereocenters. The predicted octanol–water partition coefficient (Wildman–Crippen LogP) is 4.18. The molecule has 0 aromatic heterocycles. The molecule has 2 rings (SSSR count). The Morgan fingerprint density at radius 3 is 2.60 bits per heavy atom. The van der Waals surface area contributed by atoms with E-state index in [2.05, 4.69) is 38.4 Å². The lowest BCUT2D eigenvalue weighted by atomic mass is 10.1. The second-order valence-corrected chi connectivity index (χ2v) is 7.72. The maximum Gasteiger partial charge on any atom is 0.240 e. The molecule has 0 heterocycles. The van der Waals surface area contributed by atoms with E-state index in [1.165, 1.54) is 6.21 Å². The molecule has 160 valence electrons. The number of hydrogen-bond acceptors (Lipinski definition) is 5. The molecule has 30 heavy (non-hydrogen) atoms. The summed E-state index contributed by atoms with van der Waals surface area (Å²) >= 11 is 2.16. The van der Waals surface area contributed by atoms with Crippen LogP contribution in [0.2, 0.25) is 0 Å². The number of amides is 2. The molecule has 0 unspecified atom stereocenters. The molecule has 0 saturated heterocycles. The molecule has 0 aliphatic heterocycles. The van der Waals surface area contributed by atoms with Gasteiger partial charge in [-0.3, -0.25) is 9.59 Å². The van der Waals surface area contributed by atoms with E-state index in [-0.39, 0.29) is 24.7 Å². The summed E-state index contributed by atoms with van der Waals surface area (Å²) < 4.78 is 11.8. The van der Waals surface area contributed by atoms with Crippen molar-refractivity contribution < 1.29 is 19.1 Å². The maximum atomic E-state index is 12.1. The maximum absolute atomic E-state index is 12.1. The highest BCUT2D eigenvalue weighted by molar-refractivity contribution is 14.1. The van der Waals surface area contributed by atoms with Gasteiger partial charge in [-0.1, -0.05) is 12.1 Å². The van der Waals surface area contributed by atoms with Gasteiger partial charge in [-0.2, -0.15) is 5.10 Å². The number of nitrogens with zero attached hydrogens (tertiary/aromatic N) is 1. The Morgan fingerprint density at radius 1 is 1.17 bits per heavy atom. The smallest absolute Gasteiger partial charge is 0.240 e. The molecule has 0 bridgehead atoms. The fourth-order valence-corrected chi connectivity index (χ4v) is 3.44. The van der Waals surface area contributed by atoms with Gasteiger partial charge < -0.3 is 14.8 Å². The zero-order valence-electron chi connectivity index (χ0n) is 17.5. The molecule has 0 aliphatic rings. The standard InChI is InChI=1S/C22H26IN3O4/c1-5-30-22-17(23)11-16(12-19(22)29-4)13-24-26-21(28)10-9-20(27)25-18-8-6-7-14(2)15(18)3/h6-8,11-13H,5,9-10H2,1-4H3,(H,25,27)(H,26,28). The van der Waals surface area contributed by atoms with E-state index in [0.29, 0.717) is 18.1 Å². The number of hydrogen-bond donors (Lipinski definition) is 2. The minimum absolute atomic E-state index is 0.0399. The lowest BCUT2D eigenvalue weighted by molar-refractivity contribution is -0.124. The number of hydrazone groups is 1. The first-order chi connectivity index (χ1) is 14.3. The van der Waals surface area contributed by atoms with E-state index < -0.39 is 0 Å². The quantitative estimate of drug-likeness (QED) is 0.293. The minimum atomic E-state index is -0.338. The number of carbonyl (C=O) groups is 2. The second kappa shape index (κ2) is 11.5. The van der Waals surface area contributed by atoms with Crippen LogP contribution in [-0.4, -0.2) is 31.7 Å². The van der Waals surface area contributed by atoms with Crippen molar-refractivity contribution in [2.45, 2.75) is 33.6 Å². The molecule has 2 amide bonds. The highest BCUT2D eigenvalue weighted by Gasteiger charge is 2.11. The van der Waals surface area contributed by atoms with Crippen LogP contribution in [0.1, 0.15) is 36.5 Å². The van der Waals surface area contributed by atoms with E-state index in [1.807, 2.05) is 45.0 Å². The normalized spacial score (nSPS) is 10.7. The Bertz CT molecular complexity index is 944. The zero-order chi connectivity index (χ0) is 22.1. The highest BCUT2D eigenvalue weighted by Crippen LogP contribution is 2.33. The van der Waals surface area contributed by atoms with Crippen molar-refractivity contribution in [1.29, 1.82) is 0 Å². The van der Waals surface area contributed by atoms with Crippen LogP contribution in [0.25, 0.3) is 0 Å². The fourth-order valence-electron chi connectivity index (χ4n) is 2.66. The third-order valence-corrected chi connectivity index (χ3v) is 5.20. The average molecular weight is 523 g/mol. The van der Waals surface area contributed by atoms with Crippen molar-refractivity contribution in [3.8, 4) is 11.5 Å². The molecule has 8 heteroatoms. The zero-order valence-corrected chi connectivity index (χ0v) is 19.7. The van der Waals surface area contributed by atoms with Gasteiger partial charge >= 0.3 is 0 Å². The third-order valence-electron chi connectivity index (χ3n) is 4.40. The Labute approximate surface area is 190 Å².